The second-order valence-electron chi connectivity index (χ2n) is 6.89. The molecule has 1 heterocycles. The van der Waals surface area contributed by atoms with Crippen LogP contribution >= 0.6 is 0 Å². The van der Waals surface area contributed by atoms with E-state index in [9.17, 15) is 9.59 Å². The molecular weight excluding hydrogens is 354 g/mol. The van der Waals surface area contributed by atoms with Gasteiger partial charge >= 0.3 is 6.03 Å². The van der Waals surface area contributed by atoms with Crippen LogP contribution in [0.3, 0.4) is 0 Å². The first-order valence-electron chi connectivity index (χ1n) is 9.79. The number of piperidine rings is 1. The van der Waals surface area contributed by atoms with Gasteiger partial charge in [0.2, 0.25) is 5.91 Å². The van der Waals surface area contributed by atoms with E-state index in [0.717, 1.165) is 30.7 Å². The number of para-hydroxylation sites is 2. The van der Waals surface area contributed by atoms with Crippen LogP contribution in [0.25, 0.3) is 0 Å². The molecule has 2 N–H and O–H groups in total. The molecule has 28 heavy (non-hydrogen) atoms. The molecule has 0 bridgehead atoms. The number of nitrogens with zero attached hydrogens (tertiary/aromatic N) is 1. The Morgan fingerprint density at radius 3 is 2.50 bits per heavy atom. The fourth-order valence-corrected chi connectivity index (χ4v) is 3.23. The average molecular weight is 381 g/mol. The lowest BCUT2D eigenvalue weighted by Gasteiger charge is -2.32. The van der Waals surface area contributed by atoms with E-state index in [1.165, 1.54) is 0 Å². The summed E-state index contributed by atoms with van der Waals surface area (Å²) < 4.78 is 5.62. The summed E-state index contributed by atoms with van der Waals surface area (Å²) in [4.78, 5) is 26.6. The van der Waals surface area contributed by atoms with Crippen LogP contribution < -0.4 is 15.4 Å². The number of nitrogens with one attached hydrogen (secondary N) is 2. The zero-order valence-corrected chi connectivity index (χ0v) is 16.0. The maximum Gasteiger partial charge on any atom is 0.317 e. The summed E-state index contributed by atoms with van der Waals surface area (Å²) in [5, 5.41) is 5.86. The Kier molecular flexibility index (Phi) is 7.29. The highest BCUT2D eigenvalue weighted by molar-refractivity contribution is 5.93. The van der Waals surface area contributed by atoms with Gasteiger partial charge < -0.3 is 20.3 Å². The van der Waals surface area contributed by atoms with Gasteiger partial charge in [0.1, 0.15) is 5.75 Å². The summed E-state index contributed by atoms with van der Waals surface area (Å²) in [5.74, 6) is 0.623. The molecule has 1 fully saturated rings. The second-order valence-corrected chi connectivity index (χ2v) is 6.89. The first-order chi connectivity index (χ1) is 13.7. The highest BCUT2D eigenvalue weighted by Gasteiger charge is 2.28. The molecule has 0 radical (unpaired) electrons. The number of benzene rings is 2. The molecule has 0 aromatic heterocycles. The zero-order valence-electron chi connectivity index (χ0n) is 16.0. The van der Waals surface area contributed by atoms with Crippen molar-refractivity contribution in [2.75, 3.05) is 31.6 Å². The van der Waals surface area contributed by atoms with Crippen LogP contribution in [0, 0.1) is 5.92 Å². The fraction of sp³-hybridized carbons (Fsp3) is 0.364. The van der Waals surface area contributed by atoms with E-state index >= 15 is 0 Å². The molecule has 0 saturated carbocycles. The molecule has 6 heteroatoms. The normalized spacial score (nSPS) is 16.3. The zero-order chi connectivity index (χ0) is 19.6. The first kappa shape index (κ1) is 19.7. The maximum absolute atomic E-state index is 12.5. The van der Waals surface area contributed by atoms with E-state index in [1.807, 2.05) is 60.7 Å². The number of carbonyl (C=O) groups is 2. The van der Waals surface area contributed by atoms with Crippen LogP contribution in [0.1, 0.15) is 19.3 Å². The highest BCUT2D eigenvalue weighted by atomic mass is 16.5. The Morgan fingerprint density at radius 2 is 1.75 bits per heavy atom. The lowest BCUT2D eigenvalue weighted by Crippen LogP contribution is -2.48. The van der Waals surface area contributed by atoms with Gasteiger partial charge in [-0.2, -0.15) is 0 Å². The molecule has 1 unspecified atom stereocenters. The molecule has 2 aromatic rings. The lowest BCUT2D eigenvalue weighted by atomic mass is 9.97. The summed E-state index contributed by atoms with van der Waals surface area (Å²) in [7, 11) is 0. The van der Waals surface area contributed by atoms with Crippen LogP contribution in [0.4, 0.5) is 10.5 Å². The van der Waals surface area contributed by atoms with Crippen LogP contribution in [0.2, 0.25) is 0 Å². The Bertz CT molecular complexity index is 752. The van der Waals surface area contributed by atoms with E-state index in [1.54, 1.807) is 4.90 Å². The number of carbonyl (C=O) groups excluding carboxylic acids is 2. The molecule has 0 spiro atoms. The molecule has 2 aromatic carbocycles. The van der Waals surface area contributed by atoms with E-state index in [-0.39, 0.29) is 17.9 Å². The van der Waals surface area contributed by atoms with Crippen molar-refractivity contribution in [2.45, 2.75) is 19.3 Å². The predicted molar refractivity (Wildman–Crippen MR) is 109 cm³/mol. The molecule has 0 aliphatic carbocycles. The molecular formula is C22H27N3O3. The van der Waals surface area contributed by atoms with Crippen molar-refractivity contribution < 1.29 is 14.3 Å². The van der Waals surface area contributed by atoms with Gasteiger partial charge in [0.15, 0.2) is 0 Å². The Morgan fingerprint density at radius 1 is 1.04 bits per heavy atom. The number of hydrogen-bond acceptors (Lipinski definition) is 3. The van der Waals surface area contributed by atoms with Crippen LogP contribution in [0.15, 0.2) is 60.7 Å². The molecule has 1 aliphatic rings. The van der Waals surface area contributed by atoms with Gasteiger partial charge in [0.25, 0.3) is 0 Å². The largest absolute Gasteiger partial charge is 0.494 e. The van der Waals surface area contributed by atoms with E-state index in [4.69, 9.17) is 4.74 Å². The van der Waals surface area contributed by atoms with Crippen molar-refractivity contribution >= 4 is 17.6 Å². The van der Waals surface area contributed by atoms with Gasteiger partial charge in [-0.3, -0.25) is 4.79 Å². The number of amides is 3. The number of anilines is 1. The van der Waals surface area contributed by atoms with Gasteiger partial charge in [0, 0.05) is 25.3 Å². The first-order valence-corrected chi connectivity index (χ1v) is 9.79. The number of likely N-dealkylation sites (tertiary alicyclic amines) is 1. The third-order valence-electron chi connectivity index (χ3n) is 4.73. The van der Waals surface area contributed by atoms with Crippen molar-refractivity contribution in [1.29, 1.82) is 0 Å². The van der Waals surface area contributed by atoms with E-state index < -0.39 is 0 Å². The minimum Gasteiger partial charge on any atom is -0.494 e. The molecule has 148 valence electrons. The Labute approximate surface area is 165 Å². The average Bonchev–Trinajstić information content (AvgIpc) is 2.75. The number of ether oxygens (including phenoxy) is 1. The van der Waals surface area contributed by atoms with Crippen molar-refractivity contribution in [3.63, 3.8) is 0 Å². The second kappa shape index (κ2) is 10.3. The number of rotatable bonds is 7. The SMILES string of the molecule is O=C(Nc1ccccc1)C1CCCN(C(=O)NCCCOc2ccccc2)C1. The van der Waals surface area contributed by atoms with Gasteiger partial charge in [0.05, 0.1) is 12.5 Å². The standard InChI is InChI=1S/C22H27N3O3/c26-21(24-19-10-3-1-4-11-19)18-9-7-15-25(17-18)22(27)23-14-8-16-28-20-12-5-2-6-13-20/h1-6,10-13,18H,7-9,14-17H2,(H,23,27)(H,24,26). The minimum atomic E-state index is -0.180. The molecule has 1 atom stereocenters. The predicted octanol–water partition coefficient (Wildman–Crippen LogP) is 3.52. The molecule has 1 saturated heterocycles. The third kappa shape index (κ3) is 6.01. The smallest absolute Gasteiger partial charge is 0.317 e. The summed E-state index contributed by atoms with van der Waals surface area (Å²) >= 11 is 0. The summed E-state index contributed by atoms with van der Waals surface area (Å²) in [5.41, 5.74) is 0.785. The van der Waals surface area contributed by atoms with E-state index in [2.05, 4.69) is 10.6 Å². The highest BCUT2D eigenvalue weighted by Crippen LogP contribution is 2.19. The van der Waals surface area contributed by atoms with Gasteiger partial charge in [-0.05, 0) is 43.5 Å². The summed E-state index contributed by atoms with van der Waals surface area (Å²) in [6.07, 6.45) is 2.36. The Balaban J connectivity index is 1.37. The molecule has 1 aliphatic heterocycles. The van der Waals surface area contributed by atoms with Gasteiger partial charge in [-0.25, -0.2) is 4.79 Å². The van der Waals surface area contributed by atoms with E-state index in [0.29, 0.717) is 26.2 Å². The topological polar surface area (TPSA) is 70.7 Å². The summed E-state index contributed by atoms with van der Waals surface area (Å²) in [6, 6.07) is 18.9. The van der Waals surface area contributed by atoms with Crippen molar-refractivity contribution in [2.24, 2.45) is 5.92 Å². The number of hydrogen-bond donors (Lipinski definition) is 2. The third-order valence-corrected chi connectivity index (χ3v) is 4.73. The van der Waals surface area contributed by atoms with Crippen LogP contribution in [0.5, 0.6) is 5.75 Å². The summed E-state index contributed by atoms with van der Waals surface area (Å²) in [6.45, 7) is 2.22. The fourth-order valence-electron chi connectivity index (χ4n) is 3.23. The number of urea groups is 1. The molecule has 3 rings (SSSR count). The van der Waals surface area contributed by atoms with Gasteiger partial charge in [-0.15, -0.1) is 0 Å². The quantitative estimate of drug-likeness (QED) is 0.721. The maximum atomic E-state index is 12.5. The lowest BCUT2D eigenvalue weighted by molar-refractivity contribution is -0.121. The molecule has 6 nitrogen and oxygen atoms in total. The minimum absolute atomic E-state index is 0.0278. The van der Waals surface area contributed by atoms with Crippen LogP contribution in [-0.4, -0.2) is 43.1 Å². The van der Waals surface area contributed by atoms with Gasteiger partial charge in [-0.1, -0.05) is 36.4 Å². The van der Waals surface area contributed by atoms with Crippen molar-refractivity contribution in [3.05, 3.63) is 60.7 Å². The van der Waals surface area contributed by atoms with Crippen molar-refractivity contribution in [3.8, 4) is 5.75 Å². The van der Waals surface area contributed by atoms with Crippen molar-refractivity contribution in [1.82, 2.24) is 10.2 Å². The monoisotopic (exact) mass is 381 g/mol. The molecule has 3 amide bonds. The van der Waals surface area contributed by atoms with Crippen LogP contribution in [-0.2, 0) is 4.79 Å². The Hall–Kier alpha value is -3.02.